The van der Waals surface area contributed by atoms with E-state index in [2.05, 4.69) is 12.2 Å². The zero-order valence-electron chi connectivity index (χ0n) is 20.0. The van der Waals surface area contributed by atoms with E-state index in [0.29, 0.717) is 36.0 Å². The van der Waals surface area contributed by atoms with Crippen LogP contribution in [0.25, 0.3) is 0 Å². The molecule has 0 atom stereocenters. The number of carbonyl (C=O) groups excluding carboxylic acids is 1. The molecule has 0 aliphatic carbocycles. The molecule has 0 unspecified atom stereocenters. The van der Waals surface area contributed by atoms with Crippen molar-refractivity contribution in [2.75, 3.05) is 26.1 Å². The van der Waals surface area contributed by atoms with Gasteiger partial charge in [0.1, 0.15) is 17.2 Å². The van der Waals surface area contributed by atoms with E-state index >= 15 is 0 Å². The summed E-state index contributed by atoms with van der Waals surface area (Å²) in [6.07, 6.45) is 2.96. The molecule has 0 heterocycles. The largest absolute Gasteiger partial charge is 0.497 e. The van der Waals surface area contributed by atoms with Gasteiger partial charge in [0.2, 0.25) is 0 Å². The van der Waals surface area contributed by atoms with Crippen LogP contribution in [0.15, 0.2) is 42.5 Å². The van der Waals surface area contributed by atoms with Crippen molar-refractivity contribution in [1.29, 1.82) is 0 Å². The number of benzene rings is 2. The van der Waals surface area contributed by atoms with Crippen LogP contribution < -0.4 is 19.5 Å². The van der Waals surface area contributed by atoms with Gasteiger partial charge in [-0.1, -0.05) is 31.9 Å². The van der Waals surface area contributed by atoms with Gasteiger partial charge < -0.3 is 29.5 Å². The van der Waals surface area contributed by atoms with Gasteiger partial charge in [-0.3, -0.25) is 0 Å². The molecule has 33 heavy (non-hydrogen) atoms. The first kappa shape index (κ1) is 25.8. The molecule has 2 amide bonds. The van der Waals surface area contributed by atoms with E-state index in [-0.39, 0.29) is 6.03 Å². The number of rotatable bonds is 12. The number of carboxylic acids is 1. The lowest BCUT2D eigenvalue weighted by Gasteiger charge is -2.25. The van der Waals surface area contributed by atoms with Crippen LogP contribution in [-0.4, -0.2) is 48.4 Å². The first-order chi connectivity index (χ1) is 15.7. The van der Waals surface area contributed by atoms with Gasteiger partial charge in [0.25, 0.3) is 0 Å². The van der Waals surface area contributed by atoms with Crippen LogP contribution in [0.2, 0.25) is 0 Å². The predicted molar refractivity (Wildman–Crippen MR) is 127 cm³/mol. The molecule has 0 fully saturated rings. The number of methoxy groups -OCH3 is 2. The summed E-state index contributed by atoms with van der Waals surface area (Å²) in [5.41, 5.74) is 0.137. The summed E-state index contributed by atoms with van der Waals surface area (Å²) in [4.78, 5) is 26.1. The van der Waals surface area contributed by atoms with Crippen molar-refractivity contribution in [3.63, 3.8) is 0 Å². The van der Waals surface area contributed by atoms with Crippen LogP contribution in [0.3, 0.4) is 0 Å². The number of urea groups is 1. The van der Waals surface area contributed by atoms with Gasteiger partial charge in [0.05, 0.1) is 19.9 Å². The van der Waals surface area contributed by atoms with Crippen molar-refractivity contribution in [3.8, 4) is 17.2 Å². The maximum atomic E-state index is 13.1. The van der Waals surface area contributed by atoms with Gasteiger partial charge in [-0.05, 0) is 50.1 Å². The zero-order valence-corrected chi connectivity index (χ0v) is 20.0. The Kier molecular flexibility index (Phi) is 9.39. The summed E-state index contributed by atoms with van der Waals surface area (Å²) in [7, 11) is 3.11. The minimum absolute atomic E-state index is 0.234. The van der Waals surface area contributed by atoms with Crippen LogP contribution in [0.1, 0.15) is 45.6 Å². The number of ether oxygens (including phenoxy) is 3. The third-order valence-electron chi connectivity index (χ3n) is 5.15. The van der Waals surface area contributed by atoms with E-state index in [1.165, 1.54) is 13.8 Å². The van der Waals surface area contributed by atoms with Crippen LogP contribution in [0.4, 0.5) is 10.5 Å². The molecule has 2 rings (SSSR count). The molecule has 0 aliphatic heterocycles. The average Bonchev–Trinajstić information content (AvgIpc) is 2.79. The highest BCUT2D eigenvalue weighted by Crippen LogP contribution is 2.29. The molecule has 180 valence electrons. The van der Waals surface area contributed by atoms with Gasteiger partial charge in [0, 0.05) is 19.2 Å². The Bertz CT molecular complexity index is 927. The minimum Gasteiger partial charge on any atom is -0.497 e. The number of amides is 2. The molecule has 0 bridgehead atoms. The van der Waals surface area contributed by atoms with Crippen molar-refractivity contribution >= 4 is 17.7 Å². The van der Waals surface area contributed by atoms with E-state index in [9.17, 15) is 14.7 Å². The molecule has 0 aromatic heterocycles. The van der Waals surface area contributed by atoms with E-state index < -0.39 is 11.6 Å². The molecule has 0 spiro atoms. The van der Waals surface area contributed by atoms with Crippen molar-refractivity contribution in [2.24, 2.45) is 0 Å². The van der Waals surface area contributed by atoms with E-state index in [1.54, 1.807) is 49.5 Å². The van der Waals surface area contributed by atoms with Crippen molar-refractivity contribution < 1.29 is 28.9 Å². The van der Waals surface area contributed by atoms with Crippen molar-refractivity contribution in [3.05, 3.63) is 48.0 Å². The van der Waals surface area contributed by atoms with Gasteiger partial charge >= 0.3 is 12.0 Å². The maximum Gasteiger partial charge on any atom is 0.347 e. The second-order valence-corrected chi connectivity index (χ2v) is 8.19. The summed E-state index contributed by atoms with van der Waals surface area (Å²) in [6.45, 7) is 6.11. The summed E-state index contributed by atoms with van der Waals surface area (Å²) < 4.78 is 16.2. The Morgan fingerprint density at radius 2 is 1.67 bits per heavy atom. The first-order valence-corrected chi connectivity index (χ1v) is 11.0. The fourth-order valence-electron chi connectivity index (χ4n) is 3.12. The summed E-state index contributed by atoms with van der Waals surface area (Å²) >= 11 is 0. The Labute approximate surface area is 195 Å². The highest BCUT2D eigenvalue weighted by Gasteiger charge is 2.29. The smallest absolute Gasteiger partial charge is 0.347 e. The summed E-state index contributed by atoms with van der Waals surface area (Å²) in [6, 6.07) is 12.1. The lowest BCUT2D eigenvalue weighted by Crippen LogP contribution is -2.37. The standard InChI is InChI=1S/C25H34N2O6/c1-6-7-8-15-27(24(30)26-21-14-13-20(31-4)16-22(21)32-5)17-18-9-11-19(12-10-18)33-25(2,3)23(28)29/h9-14,16H,6-8,15,17H2,1-5H3,(H,26,30)(H,28,29). The van der Waals surface area contributed by atoms with Crippen LogP contribution in [0, 0.1) is 0 Å². The normalized spacial score (nSPS) is 10.9. The van der Waals surface area contributed by atoms with Crippen molar-refractivity contribution in [1.82, 2.24) is 4.90 Å². The second-order valence-electron chi connectivity index (χ2n) is 8.19. The zero-order chi connectivity index (χ0) is 24.4. The Balaban J connectivity index is 2.14. The Morgan fingerprint density at radius 1 is 1.00 bits per heavy atom. The van der Waals surface area contributed by atoms with E-state index in [4.69, 9.17) is 14.2 Å². The number of hydrogen-bond donors (Lipinski definition) is 2. The summed E-state index contributed by atoms with van der Waals surface area (Å²) in [5, 5.41) is 12.2. The van der Waals surface area contributed by atoms with Crippen LogP contribution >= 0.6 is 0 Å². The fraction of sp³-hybridized carbons (Fsp3) is 0.440. The van der Waals surface area contributed by atoms with Crippen LogP contribution in [0.5, 0.6) is 17.2 Å². The third-order valence-corrected chi connectivity index (χ3v) is 5.15. The molecule has 2 N–H and O–H groups in total. The quantitative estimate of drug-likeness (QED) is 0.426. The first-order valence-electron chi connectivity index (χ1n) is 11.0. The monoisotopic (exact) mass is 458 g/mol. The van der Waals surface area contributed by atoms with Gasteiger partial charge in [-0.25, -0.2) is 9.59 Å². The molecule has 0 saturated carbocycles. The molecule has 0 saturated heterocycles. The minimum atomic E-state index is -1.33. The van der Waals surface area contributed by atoms with Gasteiger partial charge in [0.15, 0.2) is 5.60 Å². The highest BCUT2D eigenvalue weighted by atomic mass is 16.5. The molecule has 2 aromatic carbocycles. The number of nitrogens with one attached hydrogen (secondary N) is 1. The van der Waals surface area contributed by atoms with E-state index in [0.717, 1.165) is 24.8 Å². The van der Waals surface area contributed by atoms with Crippen molar-refractivity contribution in [2.45, 2.75) is 52.2 Å². The van der Waals surface area contributed by atoms with Gasteiger partial charge in [-0.15, -0.1) is 0 Å². The number of anilines is 1. The van der Waals surface area contributed by atoms with Crippen LogP contribution in [-0.2, 0) is 11.3 Å². The third kappa shape index (κ3) is 7.59. The molecule has 0 radical (unpaired) electrons. The highest BCUT2D eigenvalue weighted by molar-refractivity contribution is 5.91. The summed E-state index contributed by atoms with van der Waals surface area (Å²) in [5.74, 6) is 0.562. The molecular formula is C25H34N2O6. The SMILES string of the molecule is CCCCCN(Cc1ccc(OC(C)(C)C(=O)O)cc1)C(=O)Nc1ccc(OC)cc1OC. The van der Waals surface area contributed by atoms with Gasteiger partial charge in [-0.2, -0.15) is 0 Å². The average molecular weight is 459 g/mol. The molecule has 2 aromatic rings. The molecule has 8 heteroatoms. The number of unbranched alkanes of at least 4 members (excludes halogenated alkanes) is 2. The number of nitrogens with zero attached hydrogens (tertiary/aromatic N) is 1. The second kappa shape index (κ2) is 12.0. The number of hydrogen-bond acceptors (Lipinski definition) is 5. The Hall–Kier alpha value is -3.42. The Morgan fingerprint density at radius 3 is 2.24 bits per heavy atom. The fourth-order valence-corrected chi connectivity index (χ4v) is 3.12. The predicted octanol–water partition coefficient (Wildman–Crippen LogP) is 5.17. The lowest BCUT2D eigenvalue weighted by molar-refractivity contribution is -0.152. The number of carboxylic acid groups (broad SMARTS) is 1. The molecule has 8 nitrogen and oxygen atoms in total. The maximum absolute atomic E-state index is 13.1. The number of aliphatic carboxylic acids is 1. The lowest BCUT2D eigenvalue weighted by atomic mass is 10.1. The molecule has 0 aliphatic rings. The molecular weight excluding hydrogens is 424 g/mol. The number of carbonyl (C=O) groups is 2. The topological polar surface area (TPSA) is 97.3 Å². The van der Waals surface area contributed by atoms with E-state index in [1.807, 2.05) is 12.1 Å².